The van der Waals surface area contributed by atoms with E-state index in [0.29, 0.717) is 15.3 Å². The standard InChI is InChI=1S/C9H5N3O2S/c13-8-7(4-6-2-1-3-14-6)15-9-11-10-5-12(8)9/h1-5H/b7-4-. The molecular weight excluding hydrogens is 214 g/mol. The van der Waals surface area contributed by atoms with Gasteiger partial charge >= 0.3 is 0 Å². The summed E-state index contributed by atoms with van der Waals surface area (Å²) in [4.78, 5) is 12.3. The van der Waals surface area contributed by atoms with E-state index in [1.54, 1.807) is 24.5 Å². The minimum Gasteiger partial charge on any atom is -0.465 e. The lowest BCUT2D eigenvalue weighted by molar-refractivity contribution is 0.556. The van der Waals surface area contributed by atoms with E-state index in [1.165, 1.54) is 22.1 Å². The molecule has 3 rings (SSSR count). The van der Waals surface area contributed by atoms with Crippen LogP contribution in [0.5, 0.6) is 0 Å². The smallest absolute Gasteiger partial charge is 0.275 e. The summed E-state index contributed by atoms with van der Waals surface area (Å²) in [5.41, 5.74) is -0.114. The normalized spacial score (nSPS) is 12.7. The summed E-state index contributed by atoms with van der Waals surface area (Å²) < 4.78 is 7.14. The summed E-state index contributed by atoms with van der Waals surface area (Å²) in [6.45, 7) is 0. The summed E-state index contributed by atoms with van der Waals surface area (Å²) in [6.07, 6.45) is 4.67. The number of thiazole rings is 1. The Balaban J connectivity index is 2.32. The van der Waals surface area contributed by atoms with Gasteiger partial charge < -0.3 is 4.42 Å². The zero-order chi connectivity index (χ0) is 10.3. The highest BCUT2D eigenvalue weighted by Gasteiger charge is 2.04. The molecule has 0 saturated heterocycles. The van der Waals surface area contributed by atoms with Gasteiger partial charge in [0.05, 0.1) is 6.26 Å². The fourth-order valence-corrected chi connectivity index (χ4v) is 2.16. The molecule has 0 aliphatic carbocycles. The lowest BCUT2D eigenvalue weighted by Crippen LogP contribution is -2.22. The second kappa shape index (κ2) is 3.03. The zero-order valence-electron chi connectivity index (χ0n) is 7.45. The van der Waals surface area contributed by atoms with E-state index < -0.39 is 0 Å². The molecule has 0 N–H and O–H groups in total. The molecule has 0 bridgehead atoms. The van der Waals surface area contributed by atoms with Gasteiger partial charge in [-0.3, -0.25) is 4.79 Å². The molecule has 0 saturated carbocycles. The van der Waals surface area contributed by atoms with Gasteiger partial charge in [-0.25, -0.2) is 4.40 Å². The van der Waals surface area contributed by atoms with Crippen LogP contribution in [0.1, 0.15) is 5.76 Å². The molecule has 0 fully saturated rings. The Morgan fingerprint density at radius 1 is 1.53 bits per heavy atom. The van der Waals surface area contributed by atoms with Crippen LogP contribution in [0.4, 0.5) is 0 Å². The molecular formula is C9H5N3O2S. The van der Waals surface area contributed by atoms with Crippen molar-refractivity contribution in [2.24, 2.45) is 0 Å². The first kappa shape index (κ1) is 8.37. The molecule has 15 heavy (non-hydrogen) atoms. The molecule has 0 amide bonds. The van der Waals surface area contributed by atoms with Crippen molar-refractivity contribution in [2.45, 2.75) is 0 Å². The molecule has 0 spiro atoms. The third-order valence-electron chi connectivity index (χ3n) is 1.96. The number of fused-ring (bicyclic) bond motifs is 1. The maximum Gasteiger partial charge on any atom is 0.275 e. The summed E-state index contributed by atoms with van der Waals surface area (Å²) in [6, 6.07) is 3.57. The van der Waals surface area contributed by atoms with Crippen LogP contribution in [0.25, 0.3) is 11.0 Å². The molecule has 3 aromatic rings. The zero-order valence-corrected chi connectivity index (χ0v) is 8.27. The molecule has 3 aromatic heterocycles. The highest BCUT2D eigenvalue weighted by atomic mass is 32.1. The molecule has 74 valence electrons. The van der Waals surface area contributed by atoms with Crippen molar-refractivity contribution in [2.75, 3.05) is 0 Å². The number of hydrogen-bond acceptors (Lipinski definition) is 5. The van der Waals surface area contributed by atoms with Crippen LogP contribution in [0.3, 0.4) is 0 Å². The van der Waals surface area contributed by atoms with Gasteiger partial charge in [0.15, 0.2) is 0 Å². The summed E-state index contributed by atoms with van der Waals surface area (Å²) in [5, 5.41) is 7.46. The molecule has 0 unspecified atom stereocenters. The van der Waals surface area contributed by atoms with Crippen LogP contribution in [0.2, 0.25) is 0 Å². The Bertz CT molecular complexity index is 695. The molecule has 0 aromatic carbocycles. The number of aromatic nitrogens is 3. The lowest BCUT2D eigenvalue weighted by atomic mass is 10.4. The molecule has 0 aliphatic rings. The first-order chi connectivity index (χ1) is 7.34. The van der Waals surface area contributed by atoms with Crippen molar-refractivity contribution < 1.29 is 4.42 Å². The number of furan rings is 1. The largest absolute Gasteiger partial charge is 0.465 e. The second-order valence-electron chi connectivity index (χ2n) is 2.91. The number of nitrogens with zero attached hydrogens (tertiary/aromatic N) is 3. The second-order valence-corrected chi connectivity index (χ2v) is 3.92. The van der Waals surface area contributed by atoms with E-state index in [9.17, 15) is 4.79 Å². The van der Waals surface area contributed by atoms with Gasteiger partial charge in [0, 0.05) is 6.08 Å². The van der Waals surface area contributed by atoms with E-state index >= 15 is 0 Å². The van der Waals surface area contributed by atoms with Crippen LogP contribution in [0, 0.1) is 0 Å². The van der Waals surface area contributed by atoms with Crippen LogP contribution in [0.15, 0.2) is 33.9 Å². The van der Waals surface area contributed by atoms with Gasteiger partial charge in [0.1, 0.15) is 16.6 Å². The Morgan fingerprint density at radius 2 is 2.47 bits per heavy atom. The summed E-state index contributed by atoms with van der Waals surface area (Å²) in [5.74, 6) is 0.657. The molecule has 3 heterocycles. The van der Waals surface area contributed by atoms with Gasteiger partial charge in [-0.2, -0.15) is 0 Å². The van der Waals surface area contributed by atoms with Gasteiger partial charge in [0.25, 0.3) is 5.56 Å². The predicted molar refractivity (Wildman–Crippen MR) is 54.6 cm³/mol. The van der Waals surface area contributed by atoms with Gasteiger partial charge in [0.2, 0.25) is 4.96 Å². The maximum absolute atomic E-state index is 11.7. The first-order valence-corrected chi connectivity index (χ1v) is 5.04. The van der Waals surface area contributed by atoms with E-state index in [0.717, 1.165) is 0 Å². The maximum atomic E-state index is 11.7. The third kappa shape index (κ3) is 1.26. The van der Waals surface area contributed by atoms with Crippen LogP contribution in [-0.2, 0) is 0 Å². The quantitative estimate of drug-likeness (QED) is 0.590. The van der Waals surface area contributed by atoms with Gasteiger partial charge in [-0.05, 0) is 12.1 Å². The van der Waals surface area contributed by atoms with Crippen LogP contribution in [-0.4, -0.2) is 14.6 Å². The van der Waals surface area contributed by atoms with E-state index in [-0.39, 0.29) is 5.56 Å². The van der Waals surface area contributed by atoms with Crippen LogP contribution >= 0.6 is 11.3 Å². The minimum atomic E-state index is -0.114. The van der Waals surface area contributed by atoms with Gasteiger partial charge in [-0.15, -0.1) is 10.2 Å². The fourth-order valence-electron chi connectivity index (χ4n) is 1.29. The minimum absolute atomic E-state index is 0.114. The molecule has 0 radical (unpaired) electrons. The topological polar surface area (TPSA) is 60.4 Å². The van der Waals surface area contributed by atoms with E-state index in [1.807, 2.05) is 0 Å². The van der Waals surface area contributed by atoms with Crippen LogP contribution < -0.4 is 10.1 Å². The molecule has 0 atom stereocenters. The van der Waals surface area contributed by atoms with Crippen molar-refractivity contribution in [1.82, 2.24) is 14.6 Å². The average Bonchev–Trinajstić information content (AvgIpc) is 2.89. The van der Waals surface area contributed by atoms with Crippen molar-refractivity contribution in [3.8, 4) is 0 Å². The van der Waals surface area contributed by atoms with E-state index in [4.69, 9.17) is 4.42 Å². The lowest BCUT2D eigenvalue weighted by Gasteiger charge is -1.78. The van der Waals surface area contributed by atoms with Crippen molar-refractivity contribution in [1.29, 1.82) is 0 Å². The fraction of sp³-hybridized carbons (Fsp3) is 0. The molecule has 0 aliphatic heterocycles. The third-order valence-corrected chi connectivity index (χ3v) is 2.94. The highest BCUT2D eigenvalue weighted by molar-refractivity contribution is 7.15. The Labute approximate surface area is 87.3 Å². The van der Waals surface area contributed by atoms with Crippen molar-refractivity contribution in [3.63, 3.8) is 0 Å². The predicted octanol–water partition coefficient (Wildman–Crippen LogP) is 0.292. The number of hydrogen-bond donors (Lipinski definition) is 0. The Morgan fingerprint density at radius 3 is 3.20 bits per heavy atom. The summed E-state index contributed by atoms with van der Waals surface area (Å²) >= 11 is 1.29. The van der Waals surface area contributed by atoms with E-state index in [2.05, 4.69) is 10.2 Å². The van der Waals surface area contributed by atoms with Crippen molar-refractivity contribution >= 4 is 22.4 Å². The molecule has 5 nitrogen and oxygen atoms in total. The van der Waals surface area contributed by atoms with Gasteiger partial charge in [-0.1, -0.05) is 11.3 Å². The number of rotatable bonds is 1. The monoisotopic (exact) mass is 219 g/mol. The highest BCUT2D eigenvalue weighted by Crippen LogP contribution is 2.02. The Hall–Kier alpha value is -1.95. The summed E-state index contributed by atoms with van der Waals surface area (Å²) in [7, 11) is 0. The van der Waals surface area contributed by atoms with Crippen molar-refractivity contribution in [3.05, 3.63) is 45.4 Å². The Kier molecular flexibility index (Phi) is 1.69. The first-order valence-electron chi connectivity index (χ1n) is 4.22. The molecule has 6 heteroatoms. The SMILES string of the molecule is O=c1/c(=C/c2ccco2)sc2nncn12. The average molecular weight is 219 g/mol.